The van der Waals surface area contributed by atoms with Crippen LogP contribution in [0.3, 0.4) is 0 Å². The standard InChI is InChI=1S/C13H21BrN2/c1-4-5-6-7-8-11-9(2)12(15)13(14)16-10(11)3/h4-8,15H2,1-3H3. The number of nitrogens with two attached hydrogens (primary N) is 1. The second kappa shape index (κ2) is 6.24. The van der Waals surface area contributed by atoms with Gasteiger partial charge in [-0.05, 0) is 53.7 Å². The minimum absolute atomic E-state index is 0.778. The van der Waals surface area contributed by atoms with E-state index in [2.05, 4.69) is 41.7 Å². The summed E-state index contributed by atoms with van der Waals surface area (Å²) in [6.45, 7) is 6.38. The maximum atomic E-state index is 5.97. The number of rotatable bonds is 5. The number of aryl methyl sites for hydroxylation is 1. The van der Waals surface area contributed by atoms with Crippen molar-refractivity contribution in [2.24, 2.45) is 0 Å². The predicted molar refractivity (Wildman–Crippen MR) is 73.7 cm³/mol. The SMILES string of the molecule is CCCCCCc1c(C)nc(Br)c(N)c1C. The molecule has 3 heteroatoms. The quantitative estimate of drug-likeness (QED) is 0.651. The molecule has 0 aromatic carbocycles. The first-order valence-corrected chi connectivity index (χ1v) is 6.78. The highest BCUT2D eigenvalue weighted by Gasteiger charge is 2.10. The van der Waals surface area contributed by atoms with E-state index in [1.807, 2.05) is 0 Å². The summed E-state index contributed by atoms with van der Waals surface area (Å²) in [7, 11) is 0. The van der Waals surface area contributed by atoms with Gasteiger partial charge in [0.15, 0.2) is 0 Å². The Balaban J connectivity index is 2.76. The molecule has 0 aliphatic heterocycles. The lowest BCUT2D eigenvalue weighted by Crippen LogP contribution is -2.03. The Morgan fingerprint density at radius 3 is 2.50 bits per heavy atom. The van der Waals surface area contributed by atoms with Gasteiger partial charge in [-0.2, -0.15) is 0 Å². The van der Waals surface area contributed by atoms with Crippen molar-refractivity contribution < 1.29 is 0 Å². The number of nitrogen functional groups attached to an aromatic ring is 1. The molecule has 2 nitrogen and oxygen atoms in total. The fraction of sp³-hybridized carbons (Fsp3) is 0.615. The molecular weight excluding hydrogens is 264 g/mol. The van der Waals surface area contributed by atoms with E-state index in [9.17, 15) is 0 Å². The van der Waals surface area contributed by atoms with Gasteiger partial charge in [0.1, 0.15) is 4.60 Å². The van der Waals surface area contributed by atoms with Crippen molar-refractivity contribution in [3.05, 3.63) is 21.4 Å². The molecule has 0 unspecified atom stereocenters. The van der Waals surface area contributed by atoms with Gasteiger partial charge in [0.05, 0.1) is 5.69 Å². The molecule has 1 heterocycles. The Kier molecular flexibility index (Phi) is 5.26. The first-order chi connectivity index (χ1) is 7.57. The third-order valence-corrected chi connectivity index (χ3v) is 3.67. The number of hydrogen-bond donors (Lipinski definition) is 1. The van der Waals surface area contributed by atoms with E-state index in [1.54, 1.807) is 0 Å². The summed E-state index contributed by atoms with van der Waals surface area (Å²) in [5.41, 5.74) is 10.4. The molecule has 90 valence electrons. The first kappa shape index (κ1) is 13.5. The lowest BCUT2D eigenvalue weighted by atomic mass is 10.00. The van der Waals surface area contributed by atoms with Crippen molar-refractivity contribution in [3.63, 3.8) is 0 Å². The van der Waals surface area contributed by atoms with E-state index in [4.69, 9.17) is 5.73 Å². The predicted octanol–water partition coefficient (Wildman–Crippen LogP) is 4.17. The van der Waals surface area contributed by atoms with Crippen LogP contribution < -0.4 is 5.73 Å². The molecule has 0 bridgehead atoms. The van der Waals surface area contributed by atoms with Crippen molar-refractivity contribution in [1.29, 1.82) is 0 Å². The number of nitrogens with zero attached hydrogens (tertiary/aromatic N) is 1. The Morgan fingerprint density at radius 1 is 1.19 bits per heavy atom. The molecule has 1 aromatic heterocycles. The minimum atomic E-state index is 0.778. The number of aromatic nitrogens is 1. The summed E-state index contributed by atoms with van der Waals surface area (Å²) < 4.78 is 0.778. The van der Waals surface area contributed by atoms with Crippen LogP contribution in [0.15, 0.2) is 4.60 Å². The smallest absolute Gasteiger partial charge is 0.129 e. The summed E-state index contributed by atoms with van der Waals surface area (Å²) in [5.74, 6) is 0. The van der Waals surface area contributed by atoms with Crippen molar-refractivity contribution in [2.45, 2.75) is 52.9 Å². The molecule has 0 saturated carbocycles. The summed E-state index contributed by atoms with van der Waals surface area (Å²) in [4.78, 5) is 4.42. The van der Waals surface area contributed by atoms with Crippen LogP contribution >= 0.6 is 15.9 Å². The topological polar surface area (TPSA) is 38.9 Å². The Hall–Kier alpha value is -0.570. The molecule has 0 saturated heterocycles. The number of halogens is 1. The molecule has 0 amide bonds. The first-order valence-electron chi connectivity index (χ1n) is 5.99. The van der Waals surface area contributed by atoms with Crippen LogP contribution in [0.2, 0.25) is 0 Å². The molecule has 16 heavy (non-hydrogen) atoms. The van der Waals surface area contributed by atoms with Crippen LogP contribution in [0, 0.1) is 13.8 Å². The lowest BCUT2D eigenvalue weighted by Gasteiger charge is -2.12. The zero-order valence-corrected chi connectivity index (χ0v) is 12.0. The summed E-state index contributed by atoms with van der Waals surface area (Å²) in [5, 5.41) is 0. The summed E-state index contributed by atoms with van der Waals surface area (Å²) in [6.07, 6.45) is 6.22. The number of hydrogen-bond acceptors (Lipinski definition) is 2. The van der Waals surface area contributed by atoms with Crippen LogP contribution in [0.25, 0.3) is 0 Å². The molecule has 0 aliphatic carbocycles. The van der Waals surface area contributed by atoms with Gasteiger partial charge in [0.2, 0.25) is 0 Å². The van der Waals surface area contributed by atoms with Crippen LogP contribution in [-0.4, -0.2) is 4.98 Å². The van der Waals surface area contributed by atoms with Gasteiger partial charge in [-0.1, -0.05) is 26.2 Å². The molecule has 0 fully saturated rings. The summed E-state index contributed by atoms with van der Waals surface area (Å²) >= 11 is 3.39. The van der Waals surface area contributed by atoms with Crippen molar-refractivity contribution in [1.82, 2.24) is 4.98 Å². The van der Waals surface area contributed by atoms with Crippen LogP contribution in [-0.2, 0) is 6.42 Å². The zero-order valence-electron chi connectivity index (χ0n) is 10.4. The number of pyridine rings is 1. The third kappa shape index (κ3) is 3.21. The van der Waals surface area contributed by atoms with E-state index in [0.29, 0.717) is 0 Å². The molecule has 0 atom stereocenters. The highest BCUT2D eigenvalue weighted by molar-refractivity contribution is 9.10. The van der Waals surface area contributed by atoms with E-state index in [1.165, 1.54) is 36.8 Å². The minimum Gasteiger partial charge on any atom is -0.396 e. The average Bonchev–Trinajstić information content (AvgIpc) is 2.25. The Bertz CT molecular complexity index is 361. The van der Waals surface area contributed by atoms with E-state index >= 15 is 0 Å². The van der Waals surface area contributed by atoms with E-state index < -0.39 is 0 Å². The van der Waals surface area contributed by atoms with Gasteiger partial charge in [-0.15, -0.1) is 0 Å². The van der Waals surface area contributed by atoms with Gasteiger partial charge in [0, 0.05) is 5.69 Å². The fourth-order valence-electron chi connectivity index (χ4n) is 1.96. The van der Waals surface area contributed by atoms with Gasteiger partial charge in [-0.3, -0.25) is 0 Å². The average molecular weight is 285 g/mol. The normalized spacial score (nSPS) is 10.8. The Labute approximate surface area is 107 Å². The van der Waals surface area contributed by atoms with Gasteiger partial charge in [0.25, 0.3) is 0 Å². The summed E-state index contributed by atoms with van der Waals surface area (Å²) in [6, 6.07) is 0. The third-order valence-electron chi connectivity index (χ3n) is 3.06. The van der Waals surface area contributed by atoms with E-state index in [0.717, 1.165) is 22.4 Å². The monoisotopic (exact) mass is 284 g/mol. The molecule has 1 aromatic rings. The maximum absolute atomic E-state index is 5.97. The number of unbranched alkanes of at least 4 members (excludes halogenated alkanes) is 3. The van der Waals surface area contributed by atoms with Gasteiger partial charge < -0.3 is 5.73 Å². The largest absolute Gasteiger partial charge is 0.396 e. The van der Waals surface area contributed by atoms with Gasteiger partial charge >= 0.3 is 0 Å². The molecule has 1 rings (SSSR count). The highest BCUT2D eigenvalue weighted by Crippen LogP contribution is 2.27. The van der Waals surface area contributed by atoms with Crippen molar-refractivity contribution in [3.8, 4) is 0 Å². The van der Waals surface area contributed by atoms with Crippen molar-refractivity contribution >= 4 is 21.6 Å². The molecule has 0 spiro atoms. The zero-order chi connectivity index (χ0) is 12.1. The van der Waals surface area contributed by atoms with Crippen LogP contribution in [0.1, 0.15) is 49.4 Å². The van der Waals surface area contributed by atoms with Crippen LogP contribution in [0.4, 0.5) is 5.69 Å². The molecular formula is C13H21BrN2. The van der Waals surface area contributed by atoms with Crippen LogP contribution in [0.5, 0.6) is 0 Å². The second-order valence-electron chi connectivity index (χ2n) is 4.32. The highest BCUT2D eigenvalue weighted by atomic mass is 79.9. The maximum Gasteiger partial charge on any atom is 0.129 e. The molecule has 0 aliphatic rings. The number of anilines is 1. The molecule has 0 radical (unpaired) electrons. The fourth-order valence-corrected chi connectivity index (χ4v) is 2.52. The van der Waals surface area contributed by atoms with Crippen molar-refractivity contribution in [2.75, 3.05) is 5.73 Å². The van der Waals surface area contributed by atoms with E-state index in [-0.39, 0.29) is 0 Å². The second-order valence-corrected chi connectivity index (χ2v) is 5.07. The lowest BCUT2D eigenvalue weighted by molar-refractivity contribution is 0.663. The molecule has 2 N–H and O–H groups in total. The Morgan fingerprint density at radius 2 is 1.88 bits per heavy atom. The van der Waals surface area contributed by atoms with Gasteiger partial charge in [-0.25, -0.2) is 4.98 Å².